The molecule has 4 heterocycles. The van der Waals surface area contributed by atoms with Crippen LogP contribution in [-0.4, -0.2) is 53.9 Å². The SMILES string of the molecule is Cl.c1cnc2c(c1)cc([C@@H]1CCCO1)n2CCN1CCOCC1. The number of nitrogens with zero attached hydrogens (tertiary/aromatic N) is 3. The Morgan fingerprint density at radius 1 is 1.17 bits per heavy atom. The minimum absolute atomic E-state index is 0. The van der Waals surface area contributed by atoms with Gasteiger partial charge < -0.3 is 14.0 Å². The van der Waals surface area contributed by atoms with Crippen molar-refractivity contribution in [1.82, 2.24) is 14.5 Å². The van der Waals surface area contributed by atoms with Crippen LogP contribution in [0.15, 0.2) is 24.4 Å². The molecule has 2 saturated heterocycles. The molecule has 0 bridgehead atoms. The predicted molar refractivity (Wildman–Crippen MR) is 92.2 cm³/mol. The molecule has 126 valence electrons. The monoisotopic (exact) mass is 337 g/mol. The number of hydrogen-bond acceptors (Lipinski definition) is 4. The van der Waals surface area contributed by atoms with Gasteiger partial charge in [-0.2, -0.15) is 0 Å². The molecule has 0 radical (unpaired) electrons. The van der Waals surface area contributed by atoms with Gasteiger partial charge in [-0.1, -0.05) is 0 Å². The standard InChI is InChI=1S/C17H23N3O2.ClH/c1-3-14-13-15(16-4-2-10-22-16)20(17(14)18-5-1)7-6-19-8-11-21-12-9-19;/h1,3,5,13,16H,2,4,6-12H2;1H/t16-;/m0./s1. The molecule has 1 atom stereocenters. The van der Waals surface area contributed by atoms with Crippen LogP contribution in [0, 0.1) is 0 Å². The normalized spacial score (nSPS) is 22.3. The zero-order valence-corrected chi connectivity index (χ0v) is 14.1. The van der Waals surface area contributed by atoms with Crippen LogP contribution < -0.4 is 0 Å². The molecule has 5 nitrogen and oxygen atoms in total. The average Bonchev–Trinajstić information content (AvgIpc) is 3.21. The number of ether oxygens (including phenoxy) is 2. The molecule has 2 aromatic heterocycles. The van der Waals surface area contributed by atoms with Gasteiger partial charge in [0.15, 0.2) is 0 Å². The quantitative estimate of drug-likeness (QED) is 0.860. The van der Waals surface area contributed by atoms with Gasteiger partial charge in [-0.25, -0.2) is 4.98 Å². The first kappa shape index (κ1) is 16.7. The van der Waals surface area contributed by atoms with Crippen LogP contribution in [0.2, 0.25) is 0 Å². The molecule has 4 rings (SSSR count). The third-order valence-electron chi connectivity index (χ3n) is 4.69. The summed E-state index contributed by atoms with van der Waals surface area (Å²) < 4.78 is 13.7. The lowest BCUT2D eigenvalue weighted by atomic mass is 10.2. The van der Waals surface area contributed by atoms with Crippen molar-refractivity contribution in [3.63, 3.8) is 0 Å². The van der Waals surface area contributed by atoms with Gasteiger partial charge in [0.1, 0.15) is 5.65 Å². The van der Waals surface area contributed by atoms with E-state index < -0.39 is 0 Å². The van der Waals surface area contributed by atoms with E-state index in [1.165, 1.54) is 11.1 Å². The molecular weight excluding hydrogens is 314 g/mol. The topological polar surface area (TPSA) is 39.5 Å². The van der Waals surface area contributed by atoms with Crippen LogP contribution >= 0.6 is 12.4 Å². The Morgan fingerprint density at radius 3 is 2.83 bits per heavy atom. The minimum Gasteiger partial charge on any atom is -0.379 e. The fraction of sp³-hybridized carbons (Fsp3) is 0.588. The van der Waals surface area contributed by atoms with E-state index in [0.717, 1.165) is 64.5 Å². The Kier molecular flexibility index (Phi) is 5.54. The van der Waals surface area contributed by atoms with E-state index >= 15 is 0 Å². The largest absolute Gasteiger partial charge is 0.379 e. The lowest BCUT2D eigenvalue weighted by Crippen LogP contribution is -2.38. The van der Waals surface area contributed by atoms with Gasteiger partial charge in [0.2, 0.25) is 0 Å². The summed E-state index contributed by atoms with van der Waals surface area (Å²) in [6.07, 6.45) is 4.39. The lowest BCUT2D eigenvalue weighted by molar-refractivity contribution is 0.0359. The number of aromatic nitrogens is 2. The molecule has 2 aromatic rings. The predicted octanol–water partition coefficient (Wildman–Crippen LogP) is 2.64. The van der Waals surface area contributed by atoms with Crippen molar-refractivity contribution >= 4 is 23.4 Å². The highest BCUT2D eigenvalue weighted by Crippen LogP contribution is 2.32. The lowest BCUT2D eigenvalue weighted by Gasteiger charge is -2.27. The van der Waals surface area contributed by atoms with Gasteiger partial charge in [-0.15, -0.1) is 12.4 Å². The maximum absolute atomic E-state index is 5.92. The highest BCUT2D eigenvalue weighted by atomic mass is 35.5. The molecule has 2 aliphatic heterocycles. The summed E-state index contributed by atoms with van der Waals surface area (Å²) in [5, 5.41) is 1.22. The van der Waals surface area contributed by atoms with Crippen molar-refractivity contribution in [3.05, 3.63) is 30.1 Å². The van der Waals surface area contributed by atoms with Crippen LogP contribution in [-0.2, 0) is 16.0 Å². The van der Waals surface area contributed by atoms with Crippen molar-refractivity contribution in [1.29, 1.82) is 0 Å². The first-order valence-corrected chi connectivity index (χ1v) is 8.28. The third kappa shape index (κ3) is 3.53. The zero-order valence-electron chi connectivity index (χ0n) is 13.3. The molecule has 2 aliphatic rings. The molecule has 6 heteroatoms. The average molecular weight is 338 g/mol. The Hall–Kier alpha value is -1.14. The molecular formula is C17H24ClN3O2. The summed E-state index contributed by atoms with van der Waals surface area (Å²) in [5.41, 5.74) is 2.38. The Bertz CT molecular complexity index is 634. The number of hydrogen-bond donors (Lipinski definition) is 0. The fourth-order valence-corrected chi connectivity index (χ4v) is 3.49. The summed E-state index contributed by atoms with van der Waals surface area (Å²) in [6.45, 7) is 6.65. The molecule has 0 saturated carbocycles. The van der Waals surface area contributed by atoms with E-state index in [-0.39, 0.29) is 18.5 Å². The highest BCUT2D eigenvalue weighted by molar-refractivity contribution is 5.85. The summed E-state index contributed by atoms with van der Waals surface area (Å²) >= 11 is 0. The Morgan fingerprint density at radius 2 is 2.04 bits per heavy atom. The summed E-state index contributed by atoms with van der Waals surface area (Å²) in [4.78, 5) is 7.07. The maximum Gasteiger partial charge on any atom is 0.140 e. The second-order valence-electron chi connectivity index (χ2n) is 6.09. The van der Waals surface area contributed by atoms with Gasteiger partial charge in [0.05, 0.1) is 19.3 Å². The summed E-state index contributed by atoms with van der Waals surface area (Å²) in [5.74, 6) is 0. The van der Waals surface area contributed by atoms with Crippen LogP contribution in [0.25, 0.3) is 11.0 Å². The molecule has 0 aromatic carbocycles. The smallest absolute Gasteiger partial charge is 0.140 e. The summed E-state index contributed by atoms with van der Waals surface area (Å²) in [6, 6.07) is 6.41. The maximum atomic E-state index is 5.92. The van der Waals surface area contributed by atoms with Crippen LogP contribution in [0.1, 0.15) is 24.6 Å². The van der Waals surface area contributed by atoms with Crippen molar-refractivity contribution < 1.29 is 9.47 Å². The second kappa shape index (κ2) is 7.62. The number of fused-ring (bicyclic) bond motifs is 1. The van der Waals surface area contributed by atoms with E-state index in [1.54, 1.807) is 0 Å². The molecule has 2 fully saturated rings. The van der Waals surface area contributed by atoms with E-state index in [9.17, 15) is 0 Å². The van der Waals surface area contributed by atoms with Crippen molar-refractivity contribution in [2.24, 2.45) is 0 Å². The molecule has 0 N–H and O–H groups in total. The van der Waals surface area contributed by atoms with Crippen LogP contribution in [0.3, 0.4) is 0 Å². The van der Waals surface area contributed by atoms with E-state index in [0.29, 0.717) is 0 Å². The third-order valence-corrected chi connectivity index (χ3v) is 4.69. The summed E-state index contributed by atoms with van der Waals surface area (Å²) in [7, 11) is 0. The number of rotatable bonds is 4. The zero-order chi connectivity index (χ0) is 14.8. The number of halogens is 1. The van der Waals surface area contributed by atoms with Gasteiger partial charge >= 0.3 is 0 Å². The molecule has 0 spiro atoms. The van der Waals surface area contributed by atoms with Crippen molar-refractivity contribution in [3.8, 4) is 0 Å². The molecule has 0 unspecified atom stereocenters. The van der Waals surface area contributed by atoms with Crippen LogP contribution in [0.4, 0.5) is 0 Å². The van der Waals surface area contributed by atoms with E-state index in [2.05, 4.69) is 26.6 Å². The van der Waals surface area contributed by atoms with Gasteiger partial charge in [-0.3, -0.25) is 4.90 Å². The first-order valence-electron chi connectivity index (χ1n) is 8.28. The van der Waals surface area contributed by atoms with Crippen molar-refractivity contribution in [2.45, 2.75) is 25.5 Å². The first-order chi connectivity index (χ1) is 10.9. The number of pyridine rings is 1. The molecule has 0 amide bonds. The van der Waals surface area contributed by atoms with Gasteiger partial charge in [0.25, 0.3) is 0 Å². The molecule has 23 heavy (non-hydrogen) atoms. The van der Waals surface area contributed by atoms with Crippen LogP contribution in [0.5, 0.6) is 0 Å². The molecule has 0 aliphatic carbocycles. The minimum atomic E-state index is 0. The van der Waals surface area contributed by atoms with E-state index in [1.807, 2.05) is 12.3 Å². The van der Waals surface area contributed by atoms with Gasteiger partial charge in [0, 0.05) is 50.1 Å². The van der Waals surface area contributed by atoms with Gasteiger partial charge in [-0.05, 0) is 31.0 Å². The number of morpholine rings is 1. The second-order valence-corrected chi connectivity index (χ2v) is 6.09. The van der Waals surface area contributed by atoms with Crippen molar-refractivity contribution in [2.75, 3.05) is 39.5 Å². The highest BCUT2D eigenvalue weighted by Gasteiger charge is 2.23. The fourth-order valence-electron chi connectivity index (χ4n) is 3.49. The Labute approximate surface area is 143 Å². The Balaban J connectivity index is 0.00000156. The van der Waals surface area contributed by atoms with E-state index in [4.69, 9.17) is 9.47 Å².